The Labute approximate surface area is 162 Å². The Morgan fingerprint density at radius 3 is 2.36 bits per heavy atom. The molecular formula is C23H22N2O3. The SMILES string of the molecule is O=C(NN1CCC(O)CC1)OCc1ccc2ccc3cccc4ccc1c2c34. The summed E-state index contributed by atoms with van der Waals surface area (Å²) >= 11 is 0. The van der Waals surface area contributed by atoms with Gasteiger partial charge in [0.05, 0.1) is 6.10 Å². The van der Waals surface area contributed by atoms with Crippen LogP contribution in [0.5, 0.6) is 0 Å². The van der Waals surface area contributed by atoms with E-state index in [1.165, 1.54) is 26.9 Å². The van der Waals surface area contributed by atoms with E-state index in [-0.39, 0.29) is 12.7 Å². The molecule has 1 saturated heterocycles. The molecule has 142 valence electrons. The molecular weight excluding hydrogens is 352 g/mol. The van der Waals surface area contributed by atoms with E-state index in [2.05, 4.69) is 54.0 Å². The first-order chi connectivity index (χ1) is 13.7. The summed E-state index contributed by atoms with van der Waals surface area (Å²) in [5.41, 5.74) is 3.76. The third-order valence-electron chi connectivity index (χ3n) is 5.69. The molecule has 1 fully saturated rings. The fraction of sp³-hybridized carbons (Fsp3) is 0.261. The van der Waals surface area contributed by atoms with Crippen molar-refractivity contribution in [2.75, 3.05) is 13.1 Å². The predicted molar refractivity (Wildman–Crippen MR) is 110 cm³/mol. The van der Waals surface area contributed by atoms with Gasteiger partial charge in [0.25, 0.3) is 0 Å². The van der Waals surface area contributed by atoms with Crippen molar-refractivity contribution in [3.8, 4) is 0 Å². The van der Waals surface area contributed by atoms with E-state index in [4.69, 9.17) is 4.74 Å². The number of amides is 1. The molecule has 5 rings (SSSR count). The Bertz CT molecular complexity index is 1130. The minimum Gasteiger partial charge on any atom is -0.444 e. The van der Waals surface area contributed by atoms with E-state index in [1.807, 2.05) is 6.07 Å². The van der Waals surface area contributed by atoms with Gasteiger partial charge in [-0.2, -0.15) is 0 Å². The number of hydrogen-bond donors (Lipinski definition) is 2. The smallest absolute Gasteiger partial charge is 0.422 e. The number of carbonyl (C=O) groups is 1. The van der Waals surface area contributed by atoms with Gasteiger partial charge in [-0.05, 0) is 50.7 Å². The summed E-state index contributed by atoms with van der Waals surface area (Å²) in [6, 6.07) is 19.0. The molecule has 1 aliphatic rings. The molecule has 0 bridgehead atoms. The number of hydrogen-bond acceptors (Lipinski definition) is 4. The summed E-state index contributed by atoms with van der Waals surface area (Å²) in [7, 11) is 0. The van der Waals surface area contributed by atoms with E-state index in [0.717, 1.165) is 10.9 Å². The summed E-state index contributed by atoms with van der Waals surface area (Å²) in [5, 5.41) is 18.6. The zero-order chi connectivity index (χ0) is 19.1. The highest BCUT2D eigenvalue weighted by Crippen LogP contribution is 2.36. The van der Waals surface area contributed by atoms with Gasteiger partial charge in [0, 0.05) is 13.1 Å². The monoisotopic (exact) mass is 374 g/mol. The van der Waals surface area contributed by atoms with Crippen LogP contribution >= 0.6 is 0 Å². The molecule has 4 aromatic carbocycles. The van der Waals surface area contributed by atoms with E-state index in [9.17, 15) is 9.90 Å². The number of nitrogens with one attached hydrogen (secondary N) is 1. The van der Waals surface area contributed by atoms with Crippen LogP contribution in [0.3, 0.4) is 0 Å². The van der Waals surface area contributed by atoms with Gasteiger partial charge in [-0.3, -0.25) is 5.43 Å². The first-order valence-corrected chi connectivity index (χ1v) is 9.71. The average molecular weight is 374 g/mol. The Hall–Kier alpha value is -2.89. The third kappa shape index (κ3) is 3.03. The number of nitrogens with zero attached hydrogens (tertiary/aromatic N) is 1. The highest BCUT2D eigenvalue weighted by atomic mass is 16.6. The van der Waals surface area contributed by atoms with Crippen molar-refractivity contribution in [1.82, 2.24) is 10.4 Å². The van der Waals surface area contributed by atoms with Gasteiger partial charge in [0.15, 0.2) is 0 Å². The maximum Gasteiger partial charge on any atom is 0.422 e. The maximum absolute atomic E-state index is 12.2. The largest absolute Gasteiger partial charge is 0.444 e. The Morgan fingerprint density at radius 1 is 0.964 bits per heavy atom. The molecule has 2 N–H and O–H groups in total. The maximum atomic E-state index is 12.2. The molecule has 0 aromatic heterocycles. The van der Waals surface area contributed by atoms with Crippen LogP contribution in [0.25, 0.3) is 32.3 Å². The lowest BCUT2D eigenvalue weighted by atomic mass is 9.92. The average Bonchev–Trinajstić information content (AvgIpc) is 2.72. The molecule has 5 heteroatoms. The second-order valence-electron chi connectivity index (χ2n) is 7.49. The zero-order valence-electron chi connectivity index (χ0n) is 15.5. The van der Waals surface area contributed by atoms with Gasteiger partial charge < -0.3 is 9.84 Å². The molecule has 1 aliphatic heterocycles. The van der Waals surface area contributed by atoms with Crippen LogP contribution in [0.15, 0.2) is 54.6 Å². The van der Waals surface area contributed by atoms with Crippen molar-refractivity contribution in [3.63, 3.8) is 0 Å². The number of ether oxygens (including phenoxy) is 1. The van der Waals surface area contributed by atoms with E-state index < -0.39 is 6.09 Å². The van der Waals surface area contributed by atoms with Crippen molar-refractivity contribution in [2.24, 2.45) is 0 Å². The predicted octanol–water partition coefficient (Wildman–Crippen LogP) is 4.18. The topological polar surface area (TPSA) is 61.8 Å². The van der Waals surface area contributed by atoms with Crippen LogP contribution in [0, 0.1) is 0 Å². The van der Waals surface area contributed by atoms with Crippen molar-refractivity contribution in [3.05, 3.63) is 60.2 Å². The Balaban J connectivity index is 1.39. The number of aliphatic hydroxyl groups is 1. The molecule has 0 atom stereocenters. The Kier molecular flexibility index (Phi) is 4.26. The van der Waals surface area contributed by atoms with E-state index >= 15 is 0 Å². The number of aliphatic hydroxyl groups excluding tert-OH is 1. The standard InChI is InChI=1S/C23H22N2O3/c26-19-10-12-25(13-11-19)24-23(27)28-14-18-7-6-17-5-4-15-2-1-3-16-8-9-20(18)22(17)21(15)16/h1-9,19,26H,10-14H2,(H,24,27). The molecule has 4 aromatic rings. The molecule has 0 unspecified atom stereocenters. The quantitative estimate of drug-likeness (QED) is 0.528. The number of rotatable bonds is 3. The number of carbonyl (C=O) groups excluding carboxylic acids is 1. The first kappa shape index (κ1) is 17.2. The fourth-order valence-corrected chi connectivity index (χ4v) is 4.20. The first-order valence-electron chi connectivity index (χ1n) is 9.71. The molecule has 0 radical (unpaired) electrons. The molecule has 1 heterocycles. The second-order valence-corrected chi connectivity index (χ2v) is 7.49. The van der Waals surface area contributed by atoms with E-state index in [0.29, 0.717) is 25.9 Å². The summed E-state index contributed by atoms with van der Waals surface area (Å²) in [6.45, 7) is 1.49. The van der Waals surface area contributed by atoms with E-state index in [1.54, 1.807) is 5.01 Å². The van der Waals surface area contributed by atoms with Crippen LogP contribution in [-0.4, -0.2) is 35.4 Å². The van der Waals surface area contributed by atoms with Gasteiger partial charge in [-0.1, -0.05) is 54.6 Å². The second kappa shape index (κ2) is 6.93. The van der Waals surface area contributed by atoms with Crippen LogP contribution in [0.2, 0.25) is 0 Å². The minimum absolute atomic E-state index is 0.219. The lowest BCUT2D eigenvalue weighted by Gasteiger charge is -2.29. The van der Waals surface area contributed by atoms with Gasteiger partial charge in [-0.15, -0.1) is 0 Å². The number of piperidine rings is 1. The van der Waals surface area contributed by atoms with Crippen molar-refractivity contribution < 1.29 is 14.6 Å². The molecule has 0 saturated carbocycles. The summed E-state index contributed by atoms with van der Waals surface area (Å²) in [4.78, 5) is 12.2. The third-order valence-corrected chi connectivity index (χ3v) is 5.69. The normalized spacial score (nSPS) is 16.2. The van der Waals surface area contributed by atoms with Gasteiger partial charge in [0.1, 0.15) is 6.61 Å². The van der Waals surface area contributed by atoms with Crippen LogP contribution in [-0.2, 0) is 11.3 Å². The number of hydrazine groups is 1. The molecule has 0 aliphatic carbocycles. The van der Waals surface area contributed by atoms with Gasteiger partial charge >= 0.3 is 6.09 Å². The van der Waals surface area contributed by atoms with Crippen LogP contribution in [0.1, 0.15) is 18.4 Å². The van der Waals surface area contributed by atoms with Crippen molar-refractivity contribution in [2.45, 2.75) is 25.6 Å². The highest BCUT2D eigenvalue weighted by Gasteiger charge is 2.19. The van der Waals surface area contributed by atoms with Crippen molar-refractivity contribution in [1.29, 1.82) is 0 Å². The molecule has 1 amide bonds. The lowest BCUT2D eigenvalue weighted by molar-refractivity contribution is 0.0460. The molecule has 5 nitrogen and oxygen atoms in total. The Morgan fingerprint density at radius 2 is 1.61 bits per heavy atom. The zero-order valence-corrected chi connectivity index (χ0v) is 15.5. The van der Waals surface area contributed by atoms with Gasteiger partial charge in [-0.25, -0.2) is 9.80 Å². The fourth-order valence-electron chi connectivity index (χ4n) is 4.20. The van der Waals surface area contributed by atoms with Crippen LogP contribution < -0.4 is 5.43 Å². The van der Waals surface area contributed by atoms with Crippen LogP contribution in [0.4, 0.5) is 4.79 Å². The minimum atomic E-state index is -0.456. The summed E-state index contributed by atoms with van der Waals surface area (Å²) in [6.07, 6.45) is 0.596. The lowest BCUT2D eigenvalue weighted by Crippen LogP contribution is -2.47. The molecule has 0 spiro atoms. The summed E-state index contributed by atoms with van der Waals surface area (Å²) in [5.74, 6) is 0. The summed E-state index contributed by atoms with van der Waals surface area (Å²) < 4.78 is 5.49. The molecule has 28 heavy (non-hydrogen) atoms. The van der Waals surface area contributed by atoms with Gasteiger partial charge in [0.2, 0.25) is 0 Å². The highest BCUT2D eigenvalue weighted by molar-refractivity contribution is 6.23. The number of benzene rings is 4. The van der Waals surface area contributed by atoms with Crippen molar-refractivity contribution >= 4 is 38.4 Å².